The molecule has 0 spiro atoms. The zero-order valence-corrected chi connectivity index (χ0v) is 11.9. The van der Waals surface area contributed by atoms with Crippen molar-refractivity contribution in [2.75, 3.05) is 5.32 Å². The molecule has 0 saturated carbocycles. The predicted octanol–water partition coefficient (Wildman–Crippen LogP) is 4.11. The molecule has 0 saturated heterocycles. The molecule has 19 heavy (non-hydrogen) atoms. The van der Waals surface area contributed by atoms with E-state index in [2.05, 4.69) is 5.32 Å². The number of rotatable bonds is 4. The lowest BCUT2D eigenvalue weighted by molar-refractivity contribution is -0.115. The third kappa shape index (κ3) is 3.86. The van der Waals surface area contributed by atoms with E-state index in [-0.39, 0.29) is 11.2 Å². The highest BCUT2D eigenvalue weighted by atomic mass is 32.2. The van der Waals surface area contributed by atoms with Crippen molar-refractivity contribution in [3.8, 4) is 0 Å². The van der Waals surface area contributed by atoms with Crippen molar-refractivity contribution in [1.29, 1.82) is 0 Å². The predicted molar refractivity (Wildman–Crippen MR) is 81.6 cm³/mol. The fraction of sp³-hybridized carbons (Fsp3) is 0.188. The first-order chi connectivity index (χ1) is 9.16. The van der Waals surface area contributed by atoms with Gasteiger partial charge in [0.25, 0.3) is 0 Å². The first-order valence-electron chi connectivity index (χ1n) is 6.25. The van der Waals surface area contributed by atoms with Crippen LogP contribution in [0.1, 0.15) is 12.5 Å². The van der Waals surface area contributed by atoms with E-state index in [9.17, 15) is 4.79 Å². The number of anilines is 1. The van der Waals surface area contributed by atoms with Crippen molar-refractivity contribution >= 4 is 23.4 Å². The first-order valence-corrected chi connectivity index (χ1v) is 7.13. The molecule has 1 atom stereocenters. The maximum Gasteiger partial charge on any atom is 0.237 e. The van der Waals surface area contributed by atoms with E-state index in [0.29, 0.717) is 0 Å². The van der Waals surface area contributed by atoms with Crippen LogP contribution in [0, 0.1) is 6.92 Å². The van der Waals surface area contributed by atoms with Gasteiger partial charge in [-0.2, -0.15) is 0 Å². The number of nitrogens with one attached hydrogen (secondary N) is 1. The molecule has 2 rings (SSSR count). The average molecular weight is 271 g/mol. The van der Waals surface area contributed by atoms with Gasteiger partial charge in [0.1, 0.15) is 0 Å². The number of amides is 1. The zero-order chi connectivity index (χ0) is 13.7. The first kappa shape index (κ1) is 13.7. The Morgan fingerprint density at radius 1 is 1.05 bits per heavy atom. The molecule has 0 aromatic heterocycles. The summed E-state index contributed by atoms with van der Waals surface area (Å²) < 4.78 is 0. The van der Waals surface area contributed by atoms with Gasteiger partial charge in [-0.1, -0.05) is 36.4 Å². The van der Waals surface area contributed by atoms with E-state index in [1.54, 1.807) is 11.8 Å². The van der Waals surface area contributed by atoms with Crippen molar-refractivity contribution in [3.63, 3.8) is 0 Å². The Kier molecular flexibility index (Phi) is 4.63. The lowest BCUT2D eigenvalue weighted by atomic mass is 10.2. The van der Waals surface area contributed by atoms with Crippen molar-refractivity contribution in [3.05, 3.63) is 60.2 Å². The highest BCUT2D eigenvalue weighted by molar-refractivity contribution is 8.00. The summed E-state index contributed by atoms with van der Waals surface area (Å²) in [4.78, 5) is 13.2. The molecule has 2 nitrogen and oxygen atoms in total. The Morgan fingerprint density at radius 2 is 1.68 bits per heavy atom. The van der Waals surface area contributed by atoms with Gasteiger partial charge in [0.15, 0.2) is 0 Å². The average Bonchev–Trinajstić information content (AvgIpc) is 2.42. The fourth-order valence-electron chi connectivity index (χ4n) is 1.70. The molecular weight excluding hydrogens is 254 g/mol. The molecule has 0 heterocycles. The second-order valence-corrected chi connectivity index (χ2v) is 5.79. The number of carbonyl (C=O) groups is 1. The summed E-state index contributed by atoms with van der Waals surface area (Å²) >= 11 is 1.56. The molecular formula is C16H17NOS. The molecule has 3 heteroatoms. The van der Waals surface area contributed by atoms with Gasteiger partial charge in [-0.3, -0.25) is 4.79 Å². The number of hydrogen-bond acceptors (Lipinski definition) is 2. The van der Waals surface area contributed by atoms with E-state index in [1.165, 1.54) is 0 Å². The molecule has 1 amide bonds. The summed E-state index contributed by atoms with van der Waals surface area (Å²) in [5.41, 5.74) is 1.96. The number of aryl methyl sites for hydroxylation is 1. The summed E-state index contributed by atoms with van der Waals surface area (Å²) in [7, 11) is 0. The van der Waals surface area contributed by atoms with E-state index in [0.717, 1.165) is 16.1 Å². The van der Waals surface area contributed by atoms with Crippen LogP contribution in [-0.2, 0) is 4.79 Å². The molecule has 0 aliphatic carbocycles. The maximum atomic E-state index is 12.1. The lowest BCUT2D eigenvalue weighted by Gasteiger charge is -2.13. The van der Waals surface area contributed by atoms with Gasteiger partial charge in [0.05, 0.1) is 5.25 Å². The summed E-state index contributed by atoms with van der Waals surface area (Å²) in [5.74, 6) is 0.0307. The second-order valence-electron chi connectivity index (χ2n) is 4.38. The van der Waals surface area contributed by atoms with Crippen molar-refractivity contribution in [2.24, 2.45) is 0 Å². The summed E-state index contributed by atoms with van der Waals surface area (Å²) in [6.45, 7) is 3.91. The van der Waals surface area contributed by atoms with Crippen LogP contribution in [0.5, 0.6) is 0 Å². The topological polar surface area (TPSA) is 29.1 Å². The molecule has 0 aliphatic heterocycles. The van der Waals surface area contributed by atoms with Gasteiger partial charge < -0.3 is 5.32 Å². The molecule has 1 N–H and O–H groups in total. The van der Waals surface area contributed by atoms with Crippen LogP contribution in [0.25, 0.3) is 0 Å². The van der Waals surface area contributed by atoms with Crippen LogP contribution in [0.2, 0.25) is 0 Å². The van der Waals surface area contributed by atoms with Gasteiger partial charge in [0.2, 0.25) is 5.91 Å². The molecule has 0 bridgehead atoms. The minimum atomic E-state index is -0.123. The van der Waals surface area contributed by atoms with Crippen molar-refractivity contribution < 1.29 is 4.79 Å². The van der Waals surface area contributed by atoms with Crippen LogP contribution >= 0.6 is 11.8 Å². The van der Waals surface area contributed by atoms with E-state index < -0.39 is 0 Å². The number of para-hydroxylation sites is 1. The van der Waals surface area contributed by atoms with Crippen LogP contribution in [-0.4, -0.2) is 11.2 Å². The van der Waals surface area contributed by atoms with Crippen LogP contribution < -0.4 is 5.32 Å². The monoisotopic (exact) mass is 271 g/mol. The minimum absolute atomic E-state index is 0.0307. The van der Waals surface area contributed by atoms with Gasteiger partial charge in [0, 0.05) is 10.6 Å². The van der Waals surface area contributed by atoms with Crippen LogP contribution in [0.4, 0.5) is 5.69 Å². The third-order valence-electron chi connectivity index (χ3n) is 2.83. The molecule has 2 aromatic rings. The van der Waals surface area contributed by atoms with Gasteiger partial charge >= 0.3 is 0 Å². The van der Waals surface area contributed by atoms with Crippen LogP contribution in [0.3, 0.4) is 0 Å². The molecule has 0 fully saturated rings. The maximum absolute atomic E-state index is 12.1. The van der Waals surface area contributed by atoms with Crippen molar-refractivity contribution in [1.82, 2.24) is 0 Å². The standard InChI is InChI=1S/C16H17NOS/c1-12-8-6-7-11-15(12)17-16(18)13(2)19-14-9-4-3-5-10-14/h3-11,13H,1-2H3,(H,17,18)/t13-/m1/s1. The quantitative estimate of drug-likeness (QED) is 0.848. The SMILES string of the molecule is Cc1ccccc1NC(=O)[C@@H](C)Sc1ccccc1. The summed E-state index contributed by atoms with van der Waals surface area (Å²) in [5, 5.41) is 2.85. The van der Waals surface area contributed by atoms with E-state index in [1.807, 2.05) is 68.4 Å². The van der Waals surface area contributed by atoms with Gasteiger partial charge in [-0.15, -0.1) is 11.8 Å². The fourth-order valence-corrected chi connectivity index (χ4v) is 2.59. The summed E-state index contributed by atoms with van der Waals surface area (Å²) in [6.07, 6.45) is 0. The summed E-state index contributed by atoms with van der Waals surface area (Å²) in [6, 6.07) is 17.8. The molecule has 0 aliphatic rings. The normalized spacial score (nSPS) is 11.9. The number of benzene rings is 2. The third-order valence-corrected chi connectivity index (χ3v) is 3.94. The number of thioether (sulfide) groups is 1. The lowest BCUT2D eigenvalue weighted by Crippen LogP contribution is -2.22. The van der Waals surface area contributed by atoms with E-state index in [4.69, 9.17) is 0 Å². The van der Waals surface area contributed by atoms with Crippen LogP contribution in [0.15, 0.2) is 59.5 Å². The molecule has 2 aromatic carbocycles. The largest absolute Gasteiger partial charge is 0.325 e. The second kappa shape index (κ2) is 6.43. The molecule has 0 radical (unpaired) electrons. The Bertz CT molecular complexity index is 554. The molecule has 98 valence electrons. The smallest absolute Gasteiger partial charge is 0.237 e. The van der Waals surface area contributed by atoms with Crippen molar-refractivity contribution in [2.45, 2.75) is 24.0 Å². The number of hydrogen-bond donors (Lipinski definition) is 1. The Hall–Kier alpha value is -1.74. The Labute approximate surface area is 118 Å². The van der Waals surface area contributed by atoms with Gasteiger partial charge in [-0.05, 0) is 37.6 Å². The zero-order valence-electron chi connectivity index (χ0n) is 11.1. The van der Waals surface area contributed by atoms with Gasteiger partial charge in [-0.25, -0.2) is 0 Å². The highest BCUT2D eigenvalue weighted by Crippen LogP contribution is 2.24. The Balaban J connectivity index is 1.99. The number of carbonyl (C=O) groups excluding carboxylic acids is 1. The minimum Gasteiger partial charge on any atom is -0.325 e. The molecule has 0 unspecified atom stereocenters. The van der Waals surface area contributed by atoms with E-state index >= 15 is 0 Å². The highest BCUT2D eigenvalue weighted by Gasteiger charge is 2.14. The Morgan fingerprint density at radius 3 is 2.37 bits per heavy atom.